The van der Waals surface area contributed by atoms with E-state index in [0.29, 0.717) is 12.1 Å². The number of fused-ring (bicyclic) bond motifs is 1. The third kappa shape index (κ3) is 3.96. The van der Waals surface area contributed by atoms with E-state index < -0.39 is 0 Å². The van der Waals surface area contributed by atoms with Gasteiger partial charge in [-0.05, 0) is 43.0 Å². The minimum atomic E-state index is -0.313. The zero-order chi connectivity index (χ0) is 17.0. The Kier molecular flexibility index (Phi) is 5.50. The minimum Gasteiger partial charge on any atom is -0.325 e. The molecule has 1 heterocycles. The normalized spacial score (nSPS) is 25.3. The SMILES string of the molecule is C=C/C1=C\C(=N)C(N)CCCC(C)C(=O)Nc2cccc(C)c21. The standard InChI is InChI=1S/C19H25N3O/c1-4-14-11-16(21)15(20)9-5-8-13(3)19(23)22-17-10-6-7-12(2)18(14)17/h4,6-7,10-11,13,15,21H,1,5,8-9,20H2,2-3H3,(H,22,23)/b14-11+,21-16?. The predicted molar refractivity (Wildman–Crippen MR) is 96.7 cm³/mol. The van der Waals surface area contributed by atoms with E-state index in [4.69, 9.17) is 11.1 Å². The molecule has 0 saturated carbocycles. The number of rotatable bonds is 1. The van der Waals surface area contributed by atoms with Crippen LogP contribution >= 0.6 is 0 Å². The number of anilines is 1. The van der Waals surface area contributed by atoms with Crippen LogP contribution in [0.1, 0.15) is 37.3 Å². The maximum absolute atomic E-state index is 12.4. The first-order valence-electron chi connectivity index (χ1n) is 8.03. The summed E-state index contributed by atoms with van der Waals surface area (Å²) in [6.45, 7) is 7.78. The van der Waals surface area contributed by atoms with Gasteiger partial charge in [0.25, 0.3) is 0 Å². The van der Waals surface area contributed by atoms with Crippen LogP contribution in [0, 0.1) is 18.3 Å². The molecule has 4 N–H and O–H groups in total. The van der Waals surface area contributed by atoms with Gasteiger partial charge in [0.15, 0.2) is 0 Å². The third-order valence-electron chi connectivity index (χ3n) is 4.35. The van der Waals surface area contributed by atoms with Gasteiger partial charge in [0.05, 0.1) is 0 Å². The van der Waals surface area contributed by atoms with Crippen molar-refractivity contribution in [2.45, 2.75) is 39.2 Å². The first-order chi connectivity index (χ1) is 10.9. The number of amides is 1. The molecule has 0 radical (unpaired) electrons. The van der Waals surface area contributed by atoms with Crippen molar-refractivity contribution in [1.82, 2.24) is 0 Å². The van der Waals surface area contributed by atoms with Crippen LogP contribution in [0.2, 0.25) is 0 Å². The zero-order valence-electron chi connectivity index (χ0n) is 13.9. The Morgan fingerprint density at radius 1 is 1.39 bits per heavy atom. The summed E-state index contributed by atoms with van der Waals surface area (Å²) in [5.41, 5.74) is 10.0. The molecule has 4 heteroatoms. The molecule has 0 saturated heterocycles. The van der Waals surface area contributed by atoms with E-state index in [0.717, 1.165) is 35.2 Å². The monoisotopic (exact) mass is 311 g/mol. The number of hydrogen-bond acceptors (Lipinski definition) is 3. The summed E-state index contributed by atoms with van der Waals surface area (Å²) in [5, 5.41) is 11.3. The smallest absolute Gasteiger partial charge is 0.227 e. The summed E-state index contributed by atoms with van der Waals surface area (Å²) in [4.78, 5) is 12.4. The van der Waals surface area contributed by atoms with Gasteiger partial charge in [-0.25, -0.2) is 0 Å². The number of carbonyl (C=O) groups is 1. The minimum absolute atomic E-state index is 0.0180. The molecular formula is C19H25N3O. The average molecular weight is 311 g/mol. The molecule has 2 rings (SSSR count). The van der Waals surface area contributed by atoms with Gasteiger partial charge >= 0.3 is 0 Å². The molecular weight excluding hydrogens is 286 g/mol. The largest absolute Gasteiger partial charge is 0.325 e. The molecule has 2 unspecified atom stereocenters. The fourth-order valence-corrected chi connectivity index (χ4v) is 2.85. The van der Waals surface area contributed by atoms with Crippen molar-refractivity contribution < 1.29 is 4.79 Å². The lowest BCUT2D eigenvalue weighted by molar-refractivity contribution is -0.119. The van der Waals surface area contributed by atoms with Gasteiger partial charge in [-0.2, -0.15) is 0 Å². The Morgan fingerprint density at radius 3 is 2.83 bits per heavy atom. The van der Waals surface area contributed by atoms with Crippen molar-refractivity contribution >= 4 is 22.9 Å². The van der Waals surface area contributed by atoms with E-state index in [-0.39, 0.29) is 17.9 Å². The Balaban J connectivity index is 2.57. The van der Waals surface area contributed by atoms with Crippen molar-refractivity contribution in [3.8, 4) is 0 Å². The number of benzene rings is 1. The van der Waals surface area contributed by atoms with Gasteiger partial charge in [0, 0.05) is 28.9 Å². The summed E-state index contributed by atoms with van der Waals surface area (Å²) < 4.78 is 0. The Bertz CT molecular complexity index is 661. The molecule has 23 heavy (non-hydrogen) atoms. The van der Waals surface area contributed by atoms with Gasteiger partial charge < -0.3 is 16.5 Å². The van der Waals surface area contributed by atoms with Crippen LogP contribution in [-0.2, 0) is 4.79 Å². The molecule has 0 fully saturated rings. The maximum atomic E-state index is 12.4. The number of aryl methyl sites for hydroxylation is 1. The summed E-state index contributed by atoms with van der Waals surface area (Å²) in [6.07, 6.45) is 5.79. The van der Waals surface area contributed by atoms with Crippen LogP contribution in [-0.4, -0.2) is 17.7 Å². The first-order valence-corrected chi connectivity index (χ1v) is 8.03. The van der Waals surface area contributed by atoms with Crippen LogP contribution in [0.3, 0.4) is 0 Å². The Morgan fingerprint density at radius 2 is 2.13 bits per heavy atom. The van der Waals surface area contributed by atoms with Gasteiger partial charge in [0.2, 0.25) is 5.91 Å². The van der Waals surface area contributed by atoms with E-state index in [1.54, 1.807) is 12.2 Å². The molecule has 1 aliphatic rings. The second-order valence-electron chi connectivity index (χ2n) is 6.18. The molecule has 1 aromatic rings. The fourth-order valence-electron chi connectivity index (χ4n) is 2.85. The quantitative estimate of drug-likeness (QED) is 0.740. The van der Waals surface area contributed by atoms with E-state index in [1.807, 2.05) is 32.0 Å². The van der Waals surface area contributed by atoms with Crippen LogP contribution in [0.4, 0.5) is 5.69 Å². The highest BCUT2D eigenvalue weighted by molar-refractivity contribution is 6.06. The highest BCUT2D eigenvalue weighted by Crippen LogP contribution is 2.29. The third-order valence-corrected chi connectivity index (χ3v) is 4.35. The number of nitrogens with two attached hydrogens (primary N) is 1. The number of allylic oxidation sites excluding steroid dienone is 2. The highest BCUT2D eigenvalue weighted by atomic mass is 16.1. The fraction of sp³-hybridized carbons (Fsp3) is 0.368. The van der Waals surface area contributed by atoms with Crippen molar-refractivity contribution in [2.24, 2.45) is 11.7 Å². The van der Waals surface area contributed by atoms with Gasteiger partial charge in [-0.15, -0.1) is 0 Å². The van der Waals surface area contributed by atoms with Crippen molar-refractivity contribution in [2.75, 3.05) is 5.32 Å². The van der Waals surface area contributed by atoms with E-state index in [1.165, 1.54) is 0 Å². The van der Waals surface area contributed by atoms with Crippen molar-refractivity contribution in [1.29, 1.82) is 5.41 Å². The summed E-state index contributed by atoms with van der Waals surface area (Å²) in [7, 11) is 0. The lowest BCUT2D eigenvalue weighted by Gasteiger charge is -2.20. The summed E-state index contributed by atoms with van der Waals surface area (Å²) >= 11 is 0. The second kappa shape index (κ2) is 7.38. The van der Waals surface area contributed by atoms with Crippen LogP contribution in [0.5, 0.6) is 0 Å². The molecule has 0 spiro atoms. The molecule has 0 aliphatic carbocycles. The molecule has 1 aliphatic heterocycles. The van der Waals surface area contributed by atoms with Crippen LogP contribution < -0.4 is 11.1 Å². The van der Waals surface area contributed by atoms with Crippen LogP contribution in [0.15, 0.2) is 36.9 Å². The van der Waals surface area contributed by atoms with Gasteiger partial charge in [-0.3, -0.25) is 4.79 Å². The lowest BCUT2D eigenvalue weighted by atomic mass is 9.93. The summed E-state index contributed by atoms with van der Waals surface area (Å²) in [5.74, 6) is -0.0650. The average Bonchev–Trinajstić information content (AvgIpc) is 2.52. The number of nitrogens with one attached hydrogen (secondary N) is 2. The highest BCUT2D eigenvalue weighted by Gasteiger charge is 2.19. The Hall–Kier alpha value is -2.20. The second-order valence-corrected chi connectivity index (χ2v) is 6.18. The molecule has 122 valence electrons. The van der Waals surface area contributed by atoms with E-state index in [2.05, 4.69) is 11.9 Å². The predicted octanol–water partition coefficient (Wildman–Crippen LogP) is 3.67. The molecule has 0 aromatic heterocycles. The zero-order valence-corrected chi connectivity index (χ0v) is 13.9. The molecule has 2 atom stereocenters. The molecule has 1 aromatic carbocycles. The van der Waals surface area contributed by atoms with Crippen molar-refractivity contribution in [3.05, 3.63) is 48.1 Å². The molecule has 0 bridgehead atoms. The summed E-state index contributed by atoms with van der Waals surface area (Å²) in [6, 6.07) is 5.48. The van der Waals surface area contributed by atoms with Gasteiger partial charge in [0.1, 0.15) is 0 Å². The van der Waals surface area contributed by atoms with E-state index in [9.17, 15) is 4.79 Å². The van der Waals surface area contributed by atoms with Crippen LogP contribution in [0.25, 0.3) is 5.57 Å². The molecule has 4 nitrogen and oxygen atoms in total. The number of hydrogen-bond donors (Lipinski definition) is 3. The van der Waals surface area contributed by atoms with E-state index >= 15 is 0 Å². The topological polar surface area (TPSA) is 79.0 Å². The lowest BCUT2D eigenvalue weighted by Crippen LogP contribution is -2.29. The number of carbonyl (C=O) groups excluding carboxylic acids is 1. The first kappa shape index (κ1) is 17.2. The van der Waals surface area contributed by atoms with Gasteiger partial charge in [-0.1, -0.05) is 38.1 Å². The Labute approximate surface area is 138 Å². The maximum Gasteiger partial charge on any atom is 0.227 e. The van der Waals surface area contributed by atoms with Crippen molar-refractivity contribution in [3.63, 3.8) is 0 Å². The molecule has 1 amide bonds.